The van der Waals surface area contributed by atoms with Crippen molar-refractivity contribution in [2.24, 2.45) is 0 Å². The molecular weight excluding hydrogens is 286 g/mol. The molecule has 0 rings (SSSR count). The molecule has 0 aromatic heterocycles. The van der Waals surface area contributed by atoms with Gasteiger partial charge in [-0.3, -0.25) is 4.79 Å². The Hall–Kier alpha value is -0.690. The van der Waals surface area contributed by atoms with Gasteiger partial charge < -0.3 is 24.3 Å². The maximum atomic E-state index is 11.3. The maximum absolute atomic E-state index is 11.3. The van der Waals surface area contributed by atoms with Crippen LogP contribution >= 0.6 is 0 Å². The van der Waals surface area contributed by atoms with Crippen LogP contribution in [0.2, 0.25) is 0 Å². The number of hydrogen-bond donors (Lipinski definition) is 1. The van der Waals surface area contributed by atoms with Gasteiger partial charge in [0.15, 0.2) is 0 Å². The zero-order chi connectivity index (χ0) is 16.3. The molecule has 0 aromatic carbocycles. The van der Waals surface area contributed by atoms with Crippen molar-refractivity contribution >= 4 is 5.91 Å². The van der Waals surface area contributed by atoms with Crippen molar-refractivity contribution in [3.63, 3.8) is 0 Å². The van der Waals surface area contributed by atoms with E-state index in [4.69, 9.17) is 18.9 Å². The average Bonchev–Trinajstić information content (AvgIpc) is 2.52. The topological polar surface area (TPSA) is 66.0 Å². The number of carbonyl (C=O) groups is 1. The molecule has 1 amide bonds. The molecule has 0 spiro atoms. The van der Waals surface area contributed by atoms with Gasteiger partial charge >= 0.3 is 0 Å². The Balaban J connectivity index is 3.06. The fraction of sp³-hybridized carbons (Fsp3) is 0.938. The summed E-state index contributed by atoms with van der Waals surface area (Å²) in [5.41, 5.74) is 0. The summed E-state index contributed by atoms with van der Waals surface area (Å²) >= 11 is 0. The Labute approximate surface area is 134 Å². The Kier molecular flexibility index (Phi) is 17.8. The van der Waals surface area contributed by atoms with E-state index in [0.717, 1.165) is 32.3 Å². The fourth-order valence-electron chi connectivity index (χ4n) is 1.53. The SMILES string of the molecule is CCCCNC(=O)COCCOCCOCCOCCCC. The molecule has 0 aliphatic carbocycles. The third-order valence-corrected chi connectivity index (χ3v) is 2.84. The van der Waals surface area contributed by atoms with E-state index in [1.54, 1.807) is 0 Å². The van der Waals surface area contributed by atoms with E-state index in [1.807, 2.05) is 0 Å². The summed E-state index contributed by atoms with van der Waals surface area (Å²) in [7, 11) is 0. The quantitative estimate of drug-likeness (QED) is 0.414. The van der Waals surface area contributed by atoms with Crippen LogP contribution in [0, 0.1) is 0 Å². The molecule has 0 fully saturated rings. The highest BCUT2D eigenvalue weighted by molar-refractivity contribution is 5.77. The van der Waals surface area contributed by atoms with E-state index < -0.39 is 0 Å². The second-order valence-electron chi connectivity index (χ2n) is 4.95. The third kappa shape index (κ3) is 17.4. The van der Waals surface area contributed by atoms with Crippen LogP contribution in [-0.4, -0.2) is 65.3 Å². The first-order valence-electron chi connectivity index (χ1n) is 8.38. The van der Waals surface area contributed by atoms with Gasteiger partial charge in [0.1, 0.15) is 6.61 Å². The summed E-state index contributed by atoms with van der Waals surface area (Å²) in [6, 6.07) is 0. The van der Waals surface area contributed by atoms with Gasteiger partial charge in [-0.05, 0) is 12.8 Å². The number of carbonyl (C=O) groups excluding carboxylic acids is 1. The van der Waals surface area contributed by atoms with Crippen molar-refractivity contribution in [3.8, 4) is 0 Å². The van der Waals surface area contributed by atoms with Gasteiger partial charge in [0, 0.05) is 13.2 Å². The molecule has 1 N–H and O–H groups in total. The summed E-state index contributed by atoms with van der Waals surface area (Å²) < 4.78 is 21.3. The van der Waals surface area contributed by atoms with Gasteiger partial charge in [-0.1, -0.05) is 26.7 Å². The van der Waals surface area contributed by atoms with Gasteiger partial charge in [-0.25, -0.2) is 0 Å². The molecule has 0 aliphatic heterocycles. The number of ether oxygens (including phenoxy) is 4. The Morgan fingerprint density at radius 2 is 1.23 bits per heavy atom. The van der Waals surface area contributed by atoms with Crippen LogP contribution in [0.5, 0.6) is 0 Å². The first-order chi connectivity index (χ1) is 10.8. The molecule has 0 atom stereocenters. The Bertz CT molecular complexity index is 239. The van der Waals surface area contributed by atoms with Crippen LogP contribution in [0.25, 0.3) is 0 Å². The molecular formula is C16H33NO5. The van der Waals surface area contributed by atoms with Gasteiger partial charge in [0.25, 0.3) is 0 Å². The molecule has 0 heterocycles. The summed E-state index contributed by atoms with van der Waals surface area (Å²) in [6.07, 6.45) is 4.32. The molecule has 22 heavy (non-hydrogen) atoms. The molecule has 6 nitrogen and oxygen atoms in total. The first-order valence-corrected chi connectivity index (χ1v) is 8.38. The van der Waals surface area contributed by atoms with Gasteiger partial charge in [0.05, 0.1) is 39.6 Å². The lowest BCUT2D eigenvalue weighted by Gasteiger charge is -2.07. The fourth-order valence-corrected chi connectivity index (χ4v) is 1.53. The van der Waals surface area contributed by atoms with Crippen molar-refractivity contribution in [3.05, 3.63) is 0 Å². The summed E-state index contributed by atoms with van der Waals surface area (Å²) in [4.78, 5) is 11.3. The molecule has 0 saturated carbocycles. The lowest BCUT2D eigenvalue weighted by molar-refractivity contribution is -0.126. The average molecular weight is 319 g/mol. The molecule has 0 saturated heterocycles. The highest BCUT2D eigenvalue weighted by Gasteiger charge is 1.99. The highest BCUT2D eigenvalue weighted by Crippen LogP contribution is 1.88. The third-order valence-electron chi connectivity index (χ3n) is 2.84. The van der Waals surface area contributed by atoms with E-state index in [2.05, 4.69) is 19.2 Å². The minimum absolute atomic E-state index is 0.0696. The van der Waals surface area contributed by atoms with E-state index >= 15 is 0 Å². The summed E-state index contributed by atoms with van der Waals surface area (Å²) in [6.45, 7) is 9.05. The lowest BCUT2D eigenvalue weighted by Crippen LogP contribution is -2.29. The number of rotatable bonds is 17. The predicted octanol–water partition coefficient (Wildman–Crippen LogP) is 1.77. The van der Waals surface area contributed by atoms with E-state index in [9.17, 15) is 4.79 Å². The summed E-state index contributed by atoms with van der Waals surface area (Å²) in [5.74, 6) is -0.0696. The van der Waals surface area contributed by atoms with E-state index in [1.165, 1.54) is 0 Å². The zero-order valence-electron chi connectivity index (χ0n) is 14.2. The van der Waals surface area contributed by atoms with Crippen LogP contribution < -0.4 is 5.32 Å². The highest BCUT2D eigenvalue weighted by atomic mass is 16.6. The second-order valence-corrected chi connectivity index (χ2v) is 4.95. The van der Waals surface area contributed by atoms with Crippen molar-refractivity contribution in [2.75, 3.05) is 59.4 Å². The molecule has 0 aromatic rings. The Morgan fingerprint density at radius 1 is 0.727 bits per heavy atom. The normalized spacial score (nSPS) is 10.8. The minimum Gasteiger partial charge on any atom is -0.379 e. The van der Waals surface area contributed by atoms with E-state index in [0.29, 0.717) is 46.2 Å². The standard InChI is InChI=1S/C16H33NO5/c1-3-5-7-17-16(18)15-22-14-13-21-12-11-20-10-9-19-8-6-4-2/h3-15H2,1-2H3,(H,17,18). The van der Waals surface area contributed by atoms with Crippen molar-refractivity contribution in [2.45, 2.75) is 39.5 Å². The molecule has 0 unspecified atom stereocenters. The van der Waals surface area contributed by atoms with Crippen molar-refractivity contribution in [1.29, 1.82) is 0 Å². The van der Waals surface area contributed by atoms with Gasteiger partial charge in [-0.2, -0.15) is 0 Å². The minimum atomic E-state index is -0.0696. The van der Waals surface area contributed by atoms with Crippen LogP contribution in [0.3, 0.4) is 0 Å². The molecule has 132 valence electrons. The first kappa shape index (κ1) is 21.3. The van der Waals surface area contributed by atoms with Crippen molar-refractivity contribution in [1.82, 2.24) is 5.32 Å². The summed E-state index contributed by atoms with van der Waals surface area (Å²) in [5, 5.41) is 2.79. The number of nitrogens with one attached hydrogen (secondary N) is 1. The largest absolute Gasteiger partial charge is 0.379 e. The molecule has 6 heteroatoms. The van der Waals surface area contributed by atoms with E-state index in [-0.39, 0.29) is 12.5 Å². The van der Waals surface area contributed by atoms with Gasteiger partial charge in [0.2, 0.25) is 5.91 Å². The predicted molar refractivity (Wildman–Crippen MR) is 86.1 cm³/mol. The second kappa shape index (κ2) is 18.4. The van der Waals surface area contributed by atoms with Gasteiger partial charge in [-0.15, -0.1) is 0 Å². The molecule has 0 aliphatic rings. The number of hydrogen-bond acceptors (Lipinski definition) is 5. The number of amides is 1. The smallest absolute Gasteiger partial charge is 0.245 e. The van der Waals surface area contributed by atoms with Crippen LogP contribution in [-0.2, 0) is 23.7 Å². The van der Waals surface area contributed by atoms with Crippen LogP contribution in [0.15, 0.2) is 0 Å². The maximum Gasteiger partial charge on any atom is 0.245 e. The number of unbranched alkanes of at least 4 members (excludes halogenated alkanes) is 2. The van der Waals surface area contributed by atoms with Crippen molar-refractivity contribution < 1.29 is 23.7 Å². The lowest BCUT2D eigenvalue weighted by atomic mass is 10.3. The Morgan fingerprint density at radius 3 is 1.77 bits per heavy atom. The monoisotopic (exact) mass is 319 g/mol. The molecule has 0 radical (unpaired) electrons. The van der Waals surface area contributed by atoms with Crippen LogP contribution in [0.1, 0.15) is 39.5 Å². The van der Waals surface area contributed by atoms with Crippen LogP contribution in [0.4, 0.5) is 0 Å². The molecule has 0 bridgehead atoms. The zero-order valence-corrected chi connectivity index (χ0v) is 14.2.